The number of nitrogens with one attached hydrogen (secondary N) is 1. The molecule has 0 aliphatic carbocycles. The van der Waals surface area contributed by atoms with Gasteiger partial charge in [0, 0.05) is 0 Å². The van der Waals surface area contributed by atoms with Crippen LogP contribution in [0.15, 0.2) is 35.2 Å². The Bertz CT molecular complexity index is 643. The maximum absolute atomic E-state index is 13.5. The topological polar surface area (TPSA) is 83.5 Å². The molecule has 0 heterocycles. The monoisotopic (exact) mass is 305 g/mol. The number of carboxylic acids is 1. The van der Waals surface area contributed by atoms with Crippen LogP contribution in [0.25, 0.3) is 0 Å². The van der Waals surface area contributed by atoms with Crippen LogP contribution >= 0.6 is 0 Å². The number of hydrogen-bond acceptors (Lipinski definition) is 3. The Morgan fingerprint density at radius 3 is 2.55 bits per heavy atom. The number of benzene rings is 1. The largest absolute Gasteiger partial charge is 0.480 e. The van der Waals surface area contributed by atoms with Gasteiger partial charge >= 0.3 is 5.97 Å². The van der Waals surface area contributed by atoms with E-state index < -0.39 is 38.6 Å². The Morgan fingerprint density at radius 1 is 1.45 bits per heavy atom. The van der Waals surface area contributed by atoms with Crippen LogP contribution in [0.2, 0.25) is 0 Å². The van der Waals surface area contributed by atoms with Crippen molar-refractivity contribution < 1.29 is 27.1 Å². The van der Waals surface area contributed by atoms with Gasteiger partial charge < -0.3 is 5.11 Å². The lowest BCUT2D eigenvalue weighted by Gasteiger charge is -2.15. The van der Waals surface area contributed by atoms with Gasteiger partial charge in [-0.1, -0.05) is 11.6 Å². The average Bonchev–Trinajstić information content (AvgIpc) is 2.30. The zero-order chi connectivity index (χ0) is 15.5. The molecule has 20 heavy (non-hydrogen) atoms. The van der Waals surface area contributed by atoms with E-state index in [-0.39, 0.29) is 6.42 Å². The zero-order valence-electron chi connectivity index (χ0n) is 10.6. The van der Waals surface area contributed by atoms with Crippen molar-refractivity contribution in [2.45, 2.75) is 24.3 Å². The number of halogens is 2. The predicted octanol–water partition coefficient (Wildman–Crippen LogP) is 1.66. The third-order valence-electron chi connectivity index (χ3n) is 2.35. The van der Waals surface area contributed by atoms with Gasteiger partial charge in [0.2, 0.25) is 10.0 Å². The number of rotatable bonds is 6. The van der Waals surface area contributed by atoms with E-state index in [1.165, 1.54) is 6.92 Å². The summed E-state index contributed by atoms with van der Waals surface area (Å²) in [5.41, 5.74) is 0.430. The van der Waals surface area contributed by atoms with E-state index in [1.807, 2.05) is 4.72 Å². The van der Waals surface area contributed by atoms with Gasteiger partial charge in [0.25, 0.3) is 0 Å². The Labute approximate surface area is 115 Å². The predicted molar refractivity (Wildman–Crippen MR) is 67.5 cm³/mol. The second-order valence-electron chi connectivity index (χ2n) is 4.23. The third-order valence-corrected chi connectivity index (χ3v) is 3.84. The first-order valence-electron chi connectivity index (χ1n) is 5.48. The highest BCUT2D eigenvalue weighted by Gasteiger charge is 2.28. The molecule has 0 saturated heterocycles. The smallest absolute Gasteiger partial charge is 0.322 e. The van der Waals surface area contributed by atoms with Gasteiger partial charge in [0.1, 0.15) is 10.9 Å². The van der Waals surface area contributed by atoms with Gasteiger partial charge in [-0.15, -0.1) is 6.58 Å². The molecule has 1 rings (SSSR count). The Balaban J connectivity index is 3.13. The second-order valence-corrected chi connectivity index (χ2v) is 5.91. The molecule has 8 heteroatoms. The Hall–Kier alpha value is -1.80. The van der Waals surface area contributed by atoms with Crippen molar-refractivity contribution in [1.29, 1.82) is 0 Å². The van der Waals surface area contributed by atoms with Crippen molar-refractivity contribution in [2.75, 3.05) is 0 Å². The van der Waals surface area contributed by atoms with Crippen LogP contribution in [0, 0.1) is 11.6 Å². The quantitative estimate of drug-likeness (QED) is 0.783. The second kappa shape index (κ2) is 6.10. The van der Waals surface area contributed by atoms with E-state index in [0.29, 0.717) is 5.57 Å². The number of aliphatic carboxylic acids is 1. The molecule has 2 N–H and O–H groups in total. The summed E-state index contributed by atoms with van der Waals surface area (Å²) in [4.78, 5) is 10.0. The molecule has 5 nitrogen and oxygen atoms in total. The highest BCUT2D eigenvalue weighted by molar-refractivity contribution is 7.89. The SMILES string of the molecule is C=C(C)CC(NS(=O)(=O)c1cccc(F)c1F)C(=O)O. The fraction of sp³-hybridized carbons (Fsp3) is 0.250. The first-order chi connectivity index (χ1) is 9.15. The van der Waals surface area contributed by atoms with Crippen LogP contribution in [0.5, 0.6) is 0 Å². The normalized spacial score (nSPS) is 12.9. The van der Waals surface area contributed by atoms with Gasteiger partial charge in [-0.05, 0) is 25.5 Å². The van der Waals surface area contributed by atoms with Gasteiger partial charge in [-0.3, -0.25) is 4.79 Å². The fourth-order valence-electron chi connectivity index (χ4n) is 1.47. The minimum atomic E-state index is -4.49. The summed E-state index contributed by atoms with van der Waals surface area (Å²) in [6, 6.07) is 1.12. The molecular formula is C12H13F2NO4S. The lowest BCUT2D eigenvalue weighted by Crippen LogP contribution is -2.41. The van der Waals surface area contributed by atoms with Gasteiger partial charge in [-0.2, -0.15) is 4.72 Å². The zero-order valence-corrected chi connectivity index (χ0v) is 11.4. The molecule has 1 aromatic carbocycles. The highest BCUT2D eigenvalue weighted by Crippen LogP contribution is 2.18. The molecule has 0 aliphatic rings. The van der Waals surface area contributed by atoms with Crippen molar-refractivity contribution in [3.8, 4) is 0 Å². The minimum Gasteiger partial charge on any atom is -0.480 e. The molecule has 1 unspecified atom stereocenters. The highest BCUT2D eigenvalue weighted by atomic mass is 32.2. The summed E-state index contributed by atoms with van der Waals surface area (Å²) < 4.78 is 52.1. The van der Waals surface area contributed by atoms with Crippen molar-refractivity contribution in [3.63, 3.8) is 0 Å². The summed E-state index contributed by atoms with van der Waals surface area (Å²) >= 11 is 0. The van der Waals surface area contributed by atoms with Crippen LogP contribution in [0.3, 0.4) is 0 Å². The fourth-order valence-corrected chi connectivity index (χ4v) is 2.75. The lowest BCUT2D eigenvalue weighted by molar-refractivity contribution is -0.138. The molecule has 0 fully saturated rings. The van der Waals surface area contributed by atoms with Crippen LogP contribution in [-0.4, -0.2) is 25.5 Å². The maximum atomic E-state index is 13.5. The summed E-state index contributed by atoms with van der Waals surface area (Å²) in [5, 5.41) is 8.92. The maximum Gasteiger partial charge on any atom is 0.322 e. The molecule has 0 bridgehead atoms. The van der Waals surface area contributed by atoms with E-state index in [0.717, 1.165) is 18.2 Å². The van der Waals surface area contributed by atoms with Crippen molar-refractivity contribution in [1.82, 2.24) is 4.72 Å². The summed E-state index contributed by atoms with van der Waals surface area (Å²) in [6.07, 6.45) is -0.161. The summed E-state index contributed by atoms with van der Waals surface area (Å²) in [5.74, 6) is -4.33. The van der Waals surface area contributed by atoms with Gasteiger partial charge in [0.15, 0.2) is 11.6 Å². The number of carbonyl (C=O) groups is 1. The molecule has 110 valence electrons. The van der Waals surface area contributed by atoms with Crippen LogP contribution in [0.4, 0.5) is 8.78 Å². The van der Waals surface area contributed by atoms with E-state index in [2.05, 4.69) is 6.58 Å². The minimum absolute atomic E-state index is 0.161. The molecular weight excluding hydrogens is 292 g/mol. The standard InChI is InChI=1S/C12H13F2NO4S/c1-7(2)6-9(12(16)17)15-20(18,19)10-5-3-4-8(13)11(10)14/h3-5,9,15H,1,6H2,2H3,(H,16,17). The Kier molecular flexibility index (Phi) is 4.96. The number of carboxylic acid groups (broad SMARTS) is 1. The van der Waals surface area contributed by atoms with Crippen molar-refractivity contribution >= 4 is 16.0 Å². The average molecular weight is 305 g/mol. The first-order valence-corrected chi connectivity index (χ1v) is 6.97. The molecule has 1 atom stereocenters. The van der Waals surface area contributed by atoms with Crippen LogP contribution in [-0.2, 0) is 14.8 Å². The molecule has 0 saturated carbocycles. The van der Waals surface area contributed by atoms with Crippen molar-refractivity contribution in [2.24, 2.45) is 0 Å². The van der Waals surface area contributed by atoms with E-state index in [9.17, 15) is 22.0 Å². The third kappa shape index (κ3) is 3.84. The molecule has 0 spiro atoms. The van der Waals surface area contributed by atoms with Crippen LogP contribution < -0.4 is 4.72 Å². The van der Waals surface area contributed by atoms with Gasteiger partial charge in [0.05, 0.1) is 0 Å². The van der Waals surface area contributed by atoms with Crippen LogP contribution in [0.1, 0.15) is 13.3 Å². The number of sulfonamides is 1. The summed E-state index contributed by atoms with van der Waals surface area (Å²) in [6.45, 7) is 5.00. The first kappa shape index (κ1) is 16.3. The van der Waals surface area contributed by atoms with Crippen molar-refractivity contribution in [3.05, 3.63) is 42.0 Å². The lowest BCUT2D eigenvalue weighted by atomic mass is 10.1. The van der Waals surface area contributed by atoms with E-state index >= 15 is 0 Å². The molecule has 0 aliphatic heterocycles. The molecule has 0 amide bonds. The molecule has 0 aromatic heterocycles. The Morgan fingerprint density at radius 2 is 2.05 bits per heavy atom. The van der Waals surface area contributed by atoms with E-state index in [4.69, 9.17) is 5.11 Å². The summed E-state index contributed by atoms with van der Waals surface area (Å²) in [7, 11) is -4.49. The molecule has 0 radical (unpaired) electrons. The molecule has 1 aromatic rings. The van der Waals surface area contributed by atoms with E-state index in [1.54, 1.807) is 0 Å². The van der Waals surface area contributed by atoms with Gasteiger partial charge in [-0.25, -0.2) is 17.2 Å². The number of hydrogen-bond donors (Lipinski definition) is 2.